The molecule has 2 saturated heterocycles. The molecule has 2 rings (SSSR count). The van der Waals surface area contributed by atoms with Crippen molar-refractivity contribution in [3.63, 3.8) is 0 Å². The first kappa shape index (κ1) is 11.8. The second-order valence-corrected chi connectivity index (χ2v) is 4.98. The molecule has 2 unspecified atom stereocenters. The maximum absolute atomic E-state index is 12.2. The third-order valence-corrected chi connectivity index (χ3v) is 3.67. The van der Waals surface area contributed by atoms with Gasteiger partial charge in [0.2, 0.25) is 5.91 Å². The Morgan fingerprint density at radius 1 is 1.38 bits per heavy atom. The van der Waals surface area contributed by atoms with Gasteiger partial charge in [-0.05, 0) is 25.7 Å². The molecule has 16 heavy (non-hydrogen) atoms. The van der Waals surface area contributed by atoms with Gasteiger partial charge in [0.1, 0.15) is 0 Å². The monoisotopic (exact) mass is 242 g/mol. The topological polar surface area (TPSA) is 55.6 Å². The molecule has 0 radical (unpaired) electrons. The van der Waals surface area contributed by atoms with Crippen LogP contribution in [0.15, 0.2) is 0 Å². The number of likely N-dealkylation sites (tertiary alicyclic amines) is 1. The lowest BCUT2D eigenvalue weighted by Gasteiger charge is -2.36. The van der Waals surface area contributed by atoms with Crippen molar-refractivity contribution >= 4 is 23.1 Å². The van der Waals surface area contributed by atoms with E-state index in [-0.39, 0.29) is 17.9 Å². The van der Waals surface area contributed by atoms with Crippen molar-refractivity contribution in [2.45, 2.75) is 31.7 Å². The summed E-state index contributed by atoms with van der Waals surface area (Å²) in [7, 11) is 0. The predicted molar refractivity (Wildman–Crippen MR) is 65.1 cm³/mol. The average molecular weight is 242 g/mol. The Morgan fingerprint density at radius 2 is 2.19 bits per heavy atom. The summed E-state index contributed by atoms with van der Waals surface area (Å²) in [6.07, 6.45) is 3.90. The van der Waals surface area contributed by atoms with Gasteiger partial charge in [-0.2, -0.15) is 0 Å². The minimum Gasteiger partial charge on any atom is -0.392 e. The molecule has 0 spiro atoms. The van der Waals surface area contributed by atoms with Gasteiger partial charge in [-0.25, -0.2) is 0 Å². The summed E-state index contributed by atoms with van der Waals surface area (Å²) in [5.74, 6) is 0.199. The van der Waals surface area contributed by atoms with Crippen LogP contribution in [0, 0.1) is 5.92 Å². The first-order chi connectivity index (χ1) is 7.70. The zero-order valence-corrected chi connectivity index (χ0v) is 10.2. The summed E-state index contributed by atoms with van der Waals surface area (Å²) in [5.41, 5.74) is 5.70. The second kappa shape index (κ2) is 5.10. The normalized spacial score (nSPS) is 30.4. The molecule has 1 amide bonds. The summed E-state index contributed by atoms with van der Waals surface area (Å²) in [6, 6.07) is -0.0307. The van der Waals surface area contributed by atoms with Gasteiger partial charge in [-0.3, -0.25) is 4.79 Å². The summed E-state index contributed by atoms with van der Waals surface area (Å²) >= 11 is 5.04. The number of nitrogens with zero attached hydrogens (tertiary/aromatic N) is 1. The Hall–Kier alpha value is -0.680. The van der Waals surface area contributed by atoms with Gasteiger partial charge in [0, 0.05) is 13.2 Å². The van der Waals surface area contributed by atoms with Gasteiger partial charge >= 0.3 is 0 Å². The number of carbonyl (C=O) groups excluding carboxylic acids is 1. The van der Waals surface area contributed by atoms with Gasteiger partial charge in [0.05, 0.1) is 23.6 Å². The second-order valence-electron chi connectivity index (χ2n) is 4.51. The number of hydrogen-bond acceptors (Lipinski definition) is 3. The average Bonchev–Trinajstić information content (AvgIpc) is 2.81. The van der Waals surface area contributed by atoms with Crippen LogP contribution in [0.3, 0.4) is 0 Å². The standard InChI is InChI=1S/C11H18N2O2S/c12-10(16)9-3-1-2-5-13(9)11(14)8-4-6-15-7-8/h8-9H,1-7H2,(H2,12,16). The highest BCUT2D eigenvalue weighted by atomic mass is 32.1. The molecular weight excluding hydrogens is 224 g/mol. The molecule has 2 heterocycles. The van der Waals surface area contributed by atoms with Crippen LogP contribution in [0.1, 0.15) is 25.7 Å². The van der Waals surface area contributed by atoms with Crippen LogP contribution in [-0.2, 0) is 9.53 Å². The fourth-order valence-electron chi connectivity index (χ4n) is 2.45. The largest absolute Gasteiger partial charge is 0.392 e. The van der Waals surface area contributed by atoms with Crippen molar-refractivity contribution in [1.29, 1.82) is 0 Å². The first-order valence-electron chi connectivity index (χ1n) is 5.87. The van der Waals surface area contributed by atoms with E-state index in [1.54, 1.807) is 0 Å². The van der Waals surface area contributed by atoms with Gasteiger partial charge in [-0.15, -0.1) is 0 Å². The highest BCUT2D eigenvalue weighted by Gasteiger charge is 2.34. The van der Waals surface area contributed by atoms with Crippen LogP contribution in [0.2, 0.25) is 0 Å². The smallest absolute Gasteiger partial charge is 0.228 e. The maximum atomic E-state index is 12.2. The van der Waals surface area contributed by atoms with Crippen molar-refractivity contribution in [3.8, 4) is 0 Å². The summed E-state index contributed by atoms with van der Waals surface area (Å²) in [5, 5.41) is 0. The van der Waals surface area contributed by atoms with Crippen LogP contribution < -0.4 is 5.73 Å². The van der Waals surface area contributed by atoms with E-state index in [1.807, 2.05) is 4.90 Å². The number of nitrogens with two attached hydrogens (primary N) is 1. The van der Waals surface area contributed by atoms with Crippen molar-refractivity contribution in [3.05, 3.63) is 0 Å². The first-order valence-corrected chi connectivity index (χ1v) is 6.28. The van der Waals surface area contributed by atoms with Crippen molar-refractivity contribution in [2.75, 3.05) is 19.8 Å². The molecule has 0 saturated carbocycles. The van der Waals surface area contributed by atoms with E-state index >= 15 is 0 Å². The Kier molecular flexibility index (Phi) is 3.76. The highest BCUT2D eigenvalue weighted by Crippen LogP contribution is 2.23. The van der Waals surface area contributed by atoms with Gasteiger partial charge < -0.3 is 15.4 Å². The number of amides is 1. The van der Waals surface area contributed by atoms with Gasteiger partial charge in [0.25, 0.3) is 0 Å². The number of thiocarbonyl (C=S) groups is 1. The van der Waals surface area contributed by atoms with Gasteiger partial charge in [-0.1, -0.05) is 12.2 Å². The molecule has 2 N–H and O–H groups in total. The minimum absolute atomic E-state index is 0.0231. The summed E-state index contributed by atoms with van der Waals surface area (Å²) in [4.78, 5) is 14.6. The van der Waals surface area contributed by atoms with Crippen molar-refractivity contribution in [2.24, 2.45) is 11.7 Å². The van der Waals surface area contributed by atoms with E-state index in [9.17, 15) is 4.79 Å². The van der Waals surface area contributed by atoms with Crippen molar-refractivity contribution in [1.82, 2.24) is 4.90 Å². The molecule has 0 aliphatic carbocycles. The highest BCUT2D eigenvalue weighted by molar-refractivity contribution is 7.80. The fourth-order valence-corrected chi connectivity index (χ4v) is 2.70. The number of rotatable bonds is 2. The van der Waals surface area contributed by atoms with E-state index in [2.05, 4.69) is 0 Å². The van der Waals surface area contributed by atoms with E-state index in [4.69, 9.17) is 22.7 Å². The van der Waals surface area contributed by atoms with E-state index in [1.165, 1.54) is 0 Å². The number of carbonyl (C=O) groups is 1. The lowest BCUT2D eigenvalue weighted by molar-refractivity contribution is -0.137. The molecular formula is C11H18N2O2S. The molecule has 2 atom stereocenters. The molecule has 0 aromatic rings. The van der Waals surface area contributed by atoms with E-state index < -0.39 is 0 Å². The molecule has 2 aliphatic heterocycles. The maximum Gasteiger partial charge on any atom is 0.228 e. The van der Waals surface area contributed by atoms with Gasteiger partial charge in [0.15, 0.2) is 0 Å². The molecule has 0 aromatic carbocycles. The Balaban J connectivity index is 2.04. The van der Waals surface area contributed by atoms with Crippen LogP contribution >= 0.6 is 12.2 Å². The zero-order chi connectivity index (χ0) is 11.5. The Bertz CT molecular complexity index is 290. The quantitative estimate of drug-likeness (QED) is 0.724. The zero-order valence-electron chi connectivity index (χ0n) is 9.35. The SMILES string of the molecule is NC(=S)C1CCCCN1C(=O)C1CCOC1. The molecule has 2 fully saturated rings. The van der Waals surface area contributed by atoms with Crippen LogP contribution in [0.25, 0.3) is 0 Å². The number of ether oxygens (including phenoxy) is 1. The third-order valence-electron chi connectivity index (χ3n) is 3.39. The minimum atomic E-state index is -0.0307. The predicted octanol–water partition coefficient (Wildman–Crippen LogP) is 0.690. The number of piperidine rings is 1. The lowest BCUT2D eigenvalue weighted by Crippen LogP contribution is -2.51. The molecule has 5 heteroatoms. The van der Waals surface area contributed by atoms with Crippen LogP contribution in [0.4, 0.5) is 0 Å². The Labute approximate surface area is 101 Å². The Morgan fingerprint density at radius 3 is 2.81 bits per heavy atom. The summed E-state index contributed by atoms with van der Waals surface area (Å²) in [6.45, 7) is 2.04. The lowest BCUT2D eigenvalue weighted by atomic mass is 9.98. The third kappa shape index (κ3) is 2.35. The molecule has 4 nitrogen and oxygen atoms in total. The summed E-state index contributed by atoms with van der Waals surface area (Å²) < 4.78 is 5.25. The van der Waals surface area contributed by atoms with Crippen LogP contribution in [0.5, 0.6) is 0 Å². The molecule has 0 bridgehead atoms. The molecule has 0 aromatic heterocycles. The molecule has 2 aliphatic rings. The van der Waals surface area contributed by atoms with E-state index in [0.29, 0.717) is 18.2 Å². The van der Waals surface area contributed by atoms with E-state index in [0.717, 1.165) is 32.2 Å². The van der Waals surface area contributed by atoms with Crippen molar-refractivity contribution < 1.29 is 9.53 Å². The number of hydrogen-bond donors (Lipinski definition) is 1. The molecule has 90 valence electrons. The fraction of sp³-hybridized carbons (Fsp3) is 0.818. The van der Waals surface area contributed by atoms with Crippen LogP contribution in [-0.4, -0.2) is 41.6 Å².